The maximum Gasteiger partial charge on any atom is 0.237 e. The Morgan fingerprint density at radius 1 is 1.32 bits per heavy atom. The van der Waals surface area contributed by atoms with Gasteiger partial charge in [0.2, 0.25) is 11.8 Å². The number of nitrogens with zero attached hydrogens (tertiary/aromatic N) is 1. The zero-order valence-corrected chi connectivity index (χ0v) is 14.7. The molecule has 4 rings (SSSR count). The Morgan fingerprint density at radius 2 is 2.09 bits per heavy atom. The molecule has 3 heterocycles. The summed E-state index contributed by atoms with van der Waals surface area (Å²) in [4.78, 5) is 0.968. The van der Waals surface area contributed by atoms with Crippen molar-refractivity contribution < 1.29 is 14.2 Å². The average Bonchev–Trinajstić information content (AvgIpc) is 3.07. The van der Waals surface area contributed by atoms with Crippen molar-refractivity contribution in [3.8, 4) is 0 Å². The molecule has 0 aliphatic carbocycles. The van der Waals surface area contributed by atoms with Gasteiger partial charge in [-0.25, -0.2) is 0 Å². The molecular weight excluding hydrogens is 366 g/mol. The van der Waals surface area contributed by atoms with Crippen molar-refractivity contribution in [1.29, 1.82) is 0 Å². The van der Waals surface area contributed by atoms with Crippen LogP contribution < -0.4 is 0 Å². The van der Waals surface area contributed by atoms with Gasteiger partial charge in [-0.05, 0) is 31.4 Å². The van der Waals surface area contributed by atoms with Gasteiger partial charge in [-0.1, -0.05) is 34.1 Å². The Labute approximate surface area is 141 Å². The quantitative estimate of drug-likeness (QED) is 0.454. The van der Waals surface area contributed by atoms with Crippen molar-refractivity contribution in [3.63, 3.8) is 0 Å². The first-order valence-electron chi connectivity index (χ1n) is 7.24. The number of benzene rings is 1. The Kier molecular flexibility index (Phi) is 3.34. The molecule has 0 radical (unpaired) electrons. The van der Waals surface area contributed by atoms with Gasteiger partial charge in [0.15, 0.2) is 18.0 Å². The van der Waals surface area contributed by atoms with Crippen molar-refractivity contribution in [2.45, 2.75) is 37.9 Å². The van der Waals surface area contributed by atoms with Crippen molar-refractivity contribution in [3.05, 3.63) is 40.4 Å². The molecule has 6 heteroatoms. The summed E-state index contributed by atoms with van der Waals surface area (Å²) in [7, 11) is 0. The first-order chi connectivity index (χ1) is 10.5. The van der Waals surface area contributed by atoms with Crippen LogP contribution in [0.2, 0.25) is 0 Å². The summed E-state index contributed by atoms with van der Waals surface area (Å²) in [5.41, 5.74) is 0.696. The molecule has 1 aromatic carbocycles. The van der Waals surface area contributed by atoms with E-state index in [1.165, 1.54) is 4.70 Å². The molecule has 0 saturated carbocycles. The molecule has 2 aliphatic rings. The molecule has 1 fully saturated rings. The van der Waals surface area contributed by atoms with Gasteiger partial charge >= 0.3 is 0 Å². The molecule has 2 aliphatic heterocycles. The lowest BCUT2D eigenvalue weighted by Gasteiger charge is -2.20. The van der Waals surface area contributed by atoms with Crippen molar-refractivity contribution in [2.75, 3.05) is 5.33 Å². The fraction of sp³-hybridized carbons (Fsp3) is 0.438. The Hall–Kier alpha value is -0.950. The van der Waals surface area contributed by atoms with Gasteiger partial charge in [0.25, 0.3) is 0 Å². The zero-order chi connectivity index (χ0) is 15.5. The number of alkyl halides is 1. The lowest BCUT2D eigenvalue weighted by Crippen LogP contribution is -2.35. The minimum Gasteiger partial charge on any atom is -0.623 e. The highest BCUT2D eigenvalue weighted by molar-refractivity contribution is 9.09. The molecule has 2 aromatic rings. The minimum absolute atomic E-state index is 0.230. The van der Waals surface area contributed by atoms with Crippen LogP contribution in [-0.4, -0.2) is 39.8 Å². The molecular formula is C16H16BrNO3S. The van der Waals surface area contributed by atoms with E-state index in [-0.39, 0.29) is 18.2 Å². The maximum absolute atomic E-state index is 12.7. The zero-order valence-electron chi connectivity index (χ0n) is 12.3. The molecule has 4 nitrogen and oxygen atoms in total. The van der Waals surface area contributed by atoms with Gasteiger partial charge in [0, 0.05) is 4.70 Å². The topological polar surface area (TPSA) is 44.5 Å². The standard InChI is InChI=1S/C16H16BrNO3S/c1-16(2)20-14-10(8-17)18(19)13(15(14)21-16)12-7-9-5-3-4-6-11(9)22-12/h3-7,10,14-15H,8H2,1-2H3/t10-,14+,15-/m0/s1. The number of thiophene rings is 1. The summed E-state index contributed by atoms with van der Waals surface area (Å²) in [6.45, 7) is 3.79. The van der Waals surface area contributed by atoms with Gasteiger partial charge < -0.3 is 14.7 Å². The van der Waals surface area contributed by atoms with E-state index in [2.05, 4.69) is 34.1 Å². The van der Waals surface area contributed by atoms with E-state index in [9.17, 15) is 5.21 Å². The Balaban J connectivity index is 1.83. The SMILES string of the molecule is CC1(C)O[C@H]2[C@@H](O1)C(c1cc3ccccc3s1)=[N+]([O-])[C@H]2CBr. The molecule has 0 N–H and O–H groups in total. The van der Waals surface area contributed by atoms with Crippen LogP contribution in [0.1, 0.15) is 18.7 Å². The highest BCUT2D eigenvalue weighted by atomic mass is 79.9. The Bertz CT molecular complexity index is 737. The molecule has 116 valence electrons. The van der Waals surface area contributed by atoms with Crippen molar-refractivity contribution >= 4 is 43.1 Å². The Morgan fingerprint density at radius 3 is 2.82 bits per heavy atom. The van der Waals surface area contributed by atoms with Gasteiger partial charge in [0.05, 0.1) is 10.2 Å². The maximum atomic E-state index is 12.7. The van der Waals surface area contributed by atoms with Gasteiger partial charge in [0.1, 0.15) is 0 Å². The van der Waals surface area contributed by atoms with E-state index in [1.54, 1.807) is 11.3 Å². The van der Waals surface area contributed by atoms with E-state index in [0.29, 0.717) is 11.0 Å². The highest BCUT2D eigenvalue weighted by Gasteiger charge is 2.58. The molecule has 0 amide bonds. The van der Waals surface area contributed by atoms with Crippen LogP contribution >= 0.6 is 27.3 Å². The number of halogens is 1. The number of fused-ring (bicyclic) bond motifs is 2. The summed E-state index contributed by atoms with van der Waals surface area (Å²) < 4.78 is 14.2. The van der Waals surface area contributed by atoms with E-state index in [0.717, 1.165) is 15.0 Å². The van der Waals surface area contributed by atoms with Crippen LogP contribution in [0.5, 0.6) is 0 Å². The molecule has 0 bridgehead atoms. The third-order valence-electron chi connectivity index (χ3n) is 4.15. The van der Waals surface area contributed by atoms with Crippen molar-refractivity contribution in [2.24, 2.45) is 0 Å². The van der Waals surface area contributed by atoms with Gasteiger partial charge in [-0.15, -0.1) is 11.3 Å². The number of hydrogen-bond acceptors (Lipinski definition) is 4. The first-order valence-corrected chi connectivity index (χ1v) is 9.18. The van der Waals surface area contributed by atoms with Crippen LogP contribution in [0.15, 0.2) is 30.3 Å². The fourth-order valence-corrected chi connectivity index (χ4v) is 4.98. The molecule has 3 atom stereocenters. The van der Waals surface area contributed by atoms with E-state index in [1.807, 2.05) is 26.0 Å². The van der Waals surface area contributed by atoms with Crippen LogP contribution in [0, 0.1) is 5.21 Å². The van der Waals surface area contributed by atoms with Crippen LogP contribution in [0.3, 0.4) is 0 Å². The highest BCUT2D eigenvalue weighted by Crippen LogP contribution is 2.39. The lowest BCUT2D eigenvalue weighted by molar-refractivity contribution is -0.497. The molecule has 22 heavy (non-hydrogen) atoms. The summed E-state index contributed by atoms with van der Waals surface area (Å²) in [6.07, 6.45) is -0.532. The van der Waals surface area contributed by atoms with Crippen LogP contribution in [0.25, 0.3) is 10.1 Å². The monoisotopic (exact) mass is 381 g/mol. The predicted molar refractivity (Wildman–Crippen MR) is 91.0 cm³/mol. The third-order valence-corrected chi connectivity index (χ3v) is 5.95. The molecule has 0 unspecified atom stereocenters. The smallest absolute Gasteiger partial charge is 0.237 e. The number of hydrogen-bond donors (Lipinski definition) is 0. The molecule has 1 aromatic heterocycles. The van der Waals surface area contributed by atoms with E-state index in [4.69, 9.17) is 9.47 Å². The average molecular weight is 382 g/mol. The molecule has 1 saturated heterocycles. The molecule has 0 spiro atoms. The second-order valence-electron chi connectivity index (χ2n) is 6.10. The summed E-state index contributed by atoms with van der Waals surface area (Å²) in [5, 5.41) is 14.4. The fourth-order valence-electron chi connectivity index (χ4n) is 3.23. The first kappa shape index (κ1) is 14.6. The lowest BCUT2D eigenvalue weighted by atomic mass is 10.1. The summed E-state index contributed by atoms with van der Waals surface area (Å²) >= 11 is 5.07. The van der Waals surface area contributed by atoms with Gasteiger partial charge in [-0.3, -0.25) is 0 Å². The number of hydroxylamine groups is 1. The third kappa shape index (κ3) is 2.12. The minimum atomic E-state index is -0.654. The predicted octanol–water partition coefficient (Wildman–Crippen LogP) is 3.50. The summed E-state index contributed by atoms with van der Waals surface area (Å²) in [5.74, 6) is -0.654. The normalized spacial score (nSPS) is 30.2. The van der Waals surface area contributed by atoms with E-state index < -0.39 is 5.79 Å². The largest absolute Gasteiger partial charge is 0.623 e. The number of ether oxygens (including phenoxy) is 2. The number of rotatable bonds is 2. The van der Waals surface area contributed by atoms with E-state index >= 15 is 0 Å². The second-order valence-corrected chi connectivity index (χ2v) is 7.83. The summed E-state index contributed by atoms with van der Waals surface area (Å²) in [6, 6.07) is 9.98. The van der Waals surface area contributed by atoms with Gasteiger partial charge in [-0.2, -0.15) is 4.74 Å². The van der Waals surface area contributed by atoms with Crippen LogP contribution in [0.4, 0.5) is 0 Å². The van der Waals surface area contributed by atoms with Crippen LogP contribution in [-0.2, 0) is 9.47 Å². The second kappa shape index (κ2) is 5.03. The van der Waals surface area contributed by atoms with Crippen molar-refractivity contribution in [1.82, 2.24) is 0 Å².